The van der Waals surface area contributed by atoms with E-state index in [1.54, 1.807) is 17.0 Å². The molecule has 4 atom stereocenters. The molecule has 0 aliphatic carbocycles. The molecule has 1 N–H and O–H groups in total. The van der Waals surface area contributed by atoms with E-state index in [4.69, 9.17) is 18.6 Å². The average Bonchev–Trinajstić information content (AvgIpc) is 3.58. The summed E-state index contributed by atoms with van der Waals surface area (Å²) in [7, 11) is 0. The van der Waals surface area contributed by atoms with Gasteiger partial charge in [-0.2, -0.15) is 13.2 Å². The van der Waals surface area contributed by atoms with Crippen LogP contribution >= 0.6 is 11.8 Å². The molecule has 34 heavy (non-hydrogen) atoms. The number of hydrogen-bond acceptors (Lipinski definition) is 9. The second-order valence-electron chi connectivity index (χ2n) is 7.58. The van der Waals surface area contributed by atoms with Crippen LogP contribution in [0.15, 0.2) is 52.2 Å². The first kappa shape index (κ1) is 22.7. The van der Waals surface area contributed by atoms with Gasteiger partial charge < -0.3 is 18.6 Å². The molecule has 0 radical (unpaired) electrons. The molecule has 2 aliphatic heterocycles. The standard InChI is InChI=1S/C20H18F3N5O5S/c21-20(22,23)11-3-1-4-12(7-11)24-19(29)33-15-9-32-16-14(8-31-17(15)16)28-18(25-26-27-28)34-10-13-5-2-6-30-13/h1-7,14-17H,8-10H2,(H,24,29)/t14-,15+,16+,17+/m0/s1. The summed E-state index contributed by atoms with van der Waals surface area (Å²) in [4.78, 5) is 12.3. The lowest BCUT2D eigenvalue weighted by molar-refractivity contribution is -0.137. The van der Waals surface area contributed by atoms with Crippen LogP contribution in [-0.4, -0.2) is 57.8 Å². The number of rotatable bonds is 6. The number of aromatic nitrogens is 4. The highest BCUT2D eigenvalue weighted by Crippen LogP contribution is 2.37. The number of hydrogen-bond donors (Lipinski definition) is 1. The maximum atomic E-state index is 12.9. The maximum absolute atomic E-state index is 12.9. The molecule has 2 fully saturated rings. The number of anilines is 1. The van der Waals surface area contributed by atoms with Crippen molar-refractivity contribution in [1.82, 2.24) is 20.2 Å². The molecule has 180 valence electrons. The van der Waals surface area contributed by atoms with Crippen molar-refractivity contribution in [2.75, 3.05) is 18.5 Å². The Morgan fingerprint density at radius 1 is 1.21 bits per heavy atom. The average molecular weight is 497 g/mol. The number of tetrazole rings is 1. The fraction of sp³-hybridized carbons (Fsp3) is 0.400. The van der Waals surface area contributed by atoms with Crippen molar-refractivity contribution in [1.29, 1.82) is 0 Å². The SMILES string of the molecule is O=C(Nc1cccc(C(F)(F)F)c1)O[C@@H]1CO[C@H]2[C@@H]1OC[C@@H]2n1nnnc1SCc1ccco1. The van der Waals surface area contributed by atoms with E-state index in [0.717, 1.165) is 17.9 Å². The smallest absolute Gasteiger partial charge is 0.416 e. The Balaban J connectivity index is 1.19. The number of thioether (sulfide) groups is 1. The molecule has 0 saturated carbocycles. The third-order valence-electron chi connectivity index (χ3n) is 5.38. The number of nitrogens with one attached hydrogen (secondary N) is 1. The number of carbonyl (C=O) groups excluding carboxylic acids is 1. The summed E-state index contributed by atoms with van der Waals surface area (Å²) >= 11 is 1.39. The van der Waals surface area contributed by atoms with Gasteiger partial charge in [0.15, 0.2) is 6.10 Å². The molecule has 0 spiro atoms. The van der Waals surface area contributed by atoms with Crippen molar-refractivity contribution in [3.8, 4) is 0 Å². The Kier molecular flexibility index (Phi) is 6.18. The van der Waals surface area contributed by atoms with Crippen molar-refractivity contribution in [2.24, 2.45) is 0 Å². The van der Waals surface area contributed by atoms with Crippen LogP contribution in [0.3, 0.4) is 0 Å². The molecular formula is C20H18F3N5O5S. The number of amides is 1. The number of alkyl halides is 3. The van der Waals surface area contributed by atoms with Crippen molar-refractivity contribution in [3.05, 3.63) is 54.0 Å². The van der Waals surface area contributed by atoms with Crippen LogP contribution in [0.25, 0.3) is 0 Å². The predicted octanol–water partition coefficient (Wildman–Crippen LogP) is 3.53. The lowest BCUT2D eigenvalue weighted by atomic mass is 10.1. The van der Waals surface area contributed by atoms with Gasteiger partial charge in [-0.15, -0.1) is 5.10 Å². The molecule has 0 bridgehead atoms. The van der Waals surface area contributed by atoms with Gasteiger partial charge in [0.05, 0.1) is 30.8 Å². The van der Waals surface area contributed by atoms with Crippen LogP contribution in [0.2, 0.25) is 0 Å². The number of fused-ring (bicyclic) bond motifs is 1. The Morgan fingerprint density at radius 2 is 2.06 bits per heavy atom. The summed E-state index contributed by atoms with van der Waals surface area (Å²) in [5.41, 5.74) is -0.911. The number of carbonyl (C=O) groups is 1. The minimum absolute atomic E-state index is 0.0348. The zero-order valence-electron chi connectivity index (χ0n) is 17.3. The van der Waals surface area contributed by atoms with E-state index in [2.05, 4.69) is 20.8 Å². The number of ether oxygens (including phenoxy) is 3. The molecule has 2 saturated heterocycles. The van der Waals surface area contributed by atoms with Gasteiger partial charge in [0.2, 0.25) is 5.16 Å². The largest absolute Gasteiger partial charge is 0.468 e. The van der Waals surface area contributed by atoms with Crippen LogP contribution in [0.4, 0.5) is 23.7 Å². The van der Waals surface area contributed by atoms with Crippen molar-refractivity contribution in [2.45, 2.75) is 41.4 Å². The first-order chi connectivity index (χ1) is 16.4. The van der Waals surface area contributed by atoms with Gasteiger partial charge in [-0.1, -0.05) is 17.8 Å². The van der Waals surface area contributed by atoms with Gasteiger partial charge in [-0.3, -0.25) is 5.32 Å². The molecule has 1 amide bonds. The topological polar surface area (TPSA) is 114 Å². The second-order valence-corrected chi connectivity index (χ2v) is 8.53. The van der Waals surface area contributed by atoms with Gasteiger partial charge in [0.25, 0.3) is 0 Å². The van der Waals surface area contributed by atoms with Gasteiger partial charge in [0.1, 0.15) is 24.0 Å². The molecular weight excluding hydrogens is 479 g/mol. The van der Waals surface area contributed by atoms with Crippen molar-refractivity contribution < 1.29 is 36.6 Å². The summed E-state index contributed by atoms with van der Waals surface area (Å²) in [5.74, 6) is 1.31. The predicted molar refractivity (Wildman–Crippen MR) is 110 cm³/mol. The normalized spacial score (nSPS) is 24.2. The van der Waals surface area contributed by atoms with Crippen LogP contribution in [0, 0.1) is 0 Å². The zero-order chi connectivity index (χ0) is 23.7. The summed E-state index contributed by atoms with van der Waals surface area (Å²) in [6.07, 6.45) is -5.60. The van der Waals surface area contributed by atoms with E-state index in [1.807, 2.05) is 6.07 Å². The zero-order valence-corrected chi connectivity index (χ0v) is 18.2. The van der Waals surface area contributed by atoms with E-state index in [9.17, 15) is 18.0 Å². The minimum atomic E-state index is -4.52. The number of benzene rings is 1. The minimum Gasteiger partial charge on any atom is -0.468 e. The van der Waals surface area contributed by atoms with E-state index < -0.39 is 36.1 Å². The number of halogens is 3. The summed E-state index contributed by atoms with van der Waals surface area (Å²) < 4.78 is 62.6. The fourth-order valence-electron chi connectivity index (χ4n) is 3.83. The molecule has 4 heterocycles. The number of furan rings is 1. The molecule has 2 aromatic heterocycles. The van der Waals surface area contributed by atoms with Gasteiger partial charge >= 0.3 is 12.3 Å². The lowest BCUT2D eigenvalue weighted by Crippen LogP contribution is -2.35. The van der Waals surface area contributed by atoms with E-state index >= 15 is 0 Å². The monoisotopic (exact) mass is 497 g/mol. The van der Waals surface area contributed by atoms with Crippen molar-refractivity contribution >= 4 is 23.5 Å². The van der Waals surface area contributed by atoms with Gasteiger partial charge in [-0.25, -0.2) is 9.48 Å². The fourth-order valence-corrected chi connectivity index (χ4v) is 4.67. The van der Waals surface area contributed by atoms with Gasteiger partial charge in [-0.05, 0) is 40.8 Å². The Morgan fingerprint density at radius 3 is 2.85 bits per heavy atom. The molecule has 3 aromatic rings. The highest BCUT2D eigenvalue weighted by atomic mass is 32.2. The van der Waals surface area contributed by atoms with Crippen LogP contribution in [0.5, 0.6) is 0 Å². The maximum Gasteiger partial charge on any atom is 0.416 e. The Bertz CT molecular complexity index is 1140. The summed E-state index contributed by atoms with van der Waals surface area (Å²) in [6, 6.07) is 7.60. The van der Waals surface area contributed by atoms with E-state index in [-0.39, 0.29) is 24.9 Å². The quantitative estimate of drug-likeness (QED) is 0.511. The van der Waals surface area contributed by atoms with E-state index in [0.29, 0.717) is 10.9 Å². The van der Waals surface area contributed by atoms with Crippen LogP contribution in [-0.2, 0) is 26.1 Å². The second kappa shape index (κ2) is 9.27. The molecule has 5 rings (SSSR count). The Labute approximate surface area is 194 Å². The van der Waals surface area contributed by atoms with Crippen molar-refractivity contribution in [3.63, 3.8) is 0 Å². The summed E-state index contributed by atoms with van der Waals surface area (Å²) in [5, 5.41) is 14.7. The first-order valence-corrected chi connectivity index (χ1v) is 11.2. The third kappa shape index (κ3) is 4.74. The highest BCUT2D eigenvalue weighted by molar-refractivity contribution is 7.98. The van der Waals surface area contributed by atoms with Crippen LogP contribution in [0.1, 0.15) is 17.4 Å². The first-order valence-electron chi connectivity index (χ1n) is 10.2. The Hall–Kier alpha value is -3.10. The lowest BCUT2D eigenvalue weighted by Gasteiger charge is -2.18. The molecule has 0 unspecified atom stereocenters. The van der Waals surface area contributed by atoms with Gasteiger partial charge in [0, 0.05) is 5.69 Å². The van der Waals surface area contributed by atoms with E-state index in [1.165, 1.54) is 23.9 Å². The molecule has 10 nitrogen and oxygen atoms in total. The summed E-state index contributed by atoms with van der Waals surface area (Å²) in [6.45, 7) is 0.308. The number of nitrogens with zero attached hydrogens (tertiary/aromatic N) is 4. The molecule has 14 heteroatoms. The van der Waals surface area contributed by atoms with Crippen LogP contribution < -0.4 is 5.32 Å². The molecule has 1 aromatic carbocycles. The molecule has 2 aliphatic rings. The highest BCUT2D eigenvalue weighted by Gasteiger charge is 2.51. The third-order valence-corrected chi connectivity index (χ3v) is 6.33.